The Labute approximate surface area is 189 Å². The van der Waals surface area contributed by atoms with Crippen LogP contribution in [0.2, 0.25) is 0 Å². The minimum Gasteiger partial charge on any atom is -0.506 e. The van der Waals surface area contributed by atoms with Gasteiger partial charge in [0.05, 0.1) is 36.5 Å². The number of nitrogens with zero attached hydrogens (tertiary/aromatic N) is 5. The fourth-order valence-corrected chi connectivity index (χ4v) is 3.75. The first-order valence-corrected chi connectivity index (χ1v) is 10.6. The van der Waals surface area contributed by atoms with Gasteiger partial charge in [-0.25, -0.2) is 9.78 Å². The van der Waals surface area contributed by atoms with E-state index >= 15 is 0 Å². The normalized spacial score (nSPS) is 14.2. The molecule has 0 radical (unpaired) electrons. The van der Waals surface area contributed by atoms with Crippen LogP contribution in [0.25, 0.3) is 22.3 Å². The van der Waals surface area contributed by atoms with Gasteiger partial charge in [-0.2, -0.15) is 5.26 Å². The van der Waals surface area contributed by atoms with E-state index in [4.69, 9.17) is 14.7 Å². The molecule has 33 heavy (non-hydrogen) atoms. The van der Waals surface area contributed by atoms with Gasteiger partial charge in [-0.05, 0) is 25.1 Å². The Morgan fingerprint density at radius 1 is 1.24 bits per heavy atom. The quantitative estimate of drug-likeness (QED) is 0.557. The number of ether oxygens (including phenoxy) is 2. The maximum Gasteiger partial charge on any atom is 0.347 e. The van der Waals surface area contributed by atoms with Crippen molar-refractivity contribution in [2.45, 2.75) is 13.5 Å². The van der Waals surface area contributed by atoms with E-state index in [-0.39, 0.29) is 24.2 Å². The maximum absolute atomic E-state index is 13.2. The molecule has 1 aliphatic rings. The maximum atomic E-state index is 13.2. The zero-order chi connectivity index (χ0) is 23.4. The van der Waals surface area contributed by atoms with E-state index in [2.05, 4.69) is 14.9 Å². The van der Waals surface area contributed by atoms with Crippen molar-refractivity contribution in [1.82, 2.24) is 19.4 Å². The SMILES string of the molecule is CCOC(=O)c1c(O)c2cc(-c3ccc(C#N)cn3)cnc2n(CCN2CCOCC2)c1=O. The fraction of sp³-hybridized carbons (Fsp3) is 0.348. The Bertz CT molecular complexity index is 1270. The molecule has 1 fully saturated rings. The summed E-state index contributed by atoms with van der Waals surface area (Å²) in [4.78, 5) is 36.6. The summed E-state index contributed by atoms with van der Waals surface area (Å²) in [5.74, 6) is -1.36. The van der Waals surface area contributed by atoms with Crippen LogP contribution in [0, 0.1) is 11.3 Å². The van der Waals surface area contributed by atoms with E-state index < -0.39 is 22.8 Å². The largest absolute Gasteiger partial charge is 0.506 e. The van der Waals surface area contributed by atoms with Crippen LogP contribution in [0.15, 0.2) is 35.4 Å². The second-order valence-corrected chi connectivity index (χ2v) is 7.49. The van der Waals surface area contributed by atoms with Gasteiger partial charge in [-0.3, -0.25) is 19.2 Å². The molecule has 0 spiro atoms. The lowest BCUT2D eigenvalue weighted by Gasteiger charge is -2.27. The van der Waals surface area contributed by atoms with Crippen molar-refractivity contribution in [2.24, 2.45) is 0 Å². The van der Waals surface area contributed by atoms with E-state index in [9.17, 15) is 14.7 Å². The first-order valence-electron chi connectivity index (χ1n) is 10.6. The minimum absolute atomic E-state index is 0.0664. The molecule has 0 amide bonds. The third-order valence-electron chi connectivity index (χ3n) is 5.48. The molecule has 3 aromatic heterocycles. The molecular weight excluding hydrogens is 426 g/mol. The average molecular weight is 449 g/mol. The van der Waals surface area contributed by atoms with Gasteiger partial charge >= 0.3 is 5.97 Å². The summed E-state index contributed by atoms with van der Waals surface area (Å²) in [7, 11) is 0. The number of hydrogen-bond acceptors (Lipinski definition) is 9. The molecule has 0 aliphatic carbocycles. The number of morpholine rings is 1. The number of esters is 1. The van der Waals surface area contributed by atoms with Crippen LogP contribution < -0.4 is 5.56 Å². The molecule has 0 saturated carbocycles. The summed E-state index contributed by atoms with van der Waals surface area (Å²) < 4.78 is 11.8. The highest BCUT2D eigenvalue weighted by atomic mass is 16.5. The predicted molar refractivity (Wildman–Crippen MR) is 119 cm³/mol. The summed E-state index contributed by atoms with van der Waals surface area (Å²) in [5, 5.41) is 20.1. The molecule has 1 aliphatic heterocycles. The monoisotopic (exact) mass is 449 g/mol. The number of rotatable bonds is 6. The van der Waals surface area contributed by atoms with Crippen molar-refractivity contribution in [3.8, 4) is 23.1 Å². The smallest absolute Gasteiger partial charge is 0.347 e. The lowest BCUT2D eigenvalue weighted by atomic mass is 10.1. The van der Waals surface area contributed by atoms with Crippen LogP contribution in [0.1, 0.15) is 22.8 Å². The van der Waals surface area contributed by atoms with E-state index in [1.165, 1.54) is 10.8 Å². The number of hydrogen-bond donors (Lipinski definition) is 1. The van der Waals surface area contributed by atoms with Crippen molar-refractivity contribution < 1.29 is 19.4 Å². The number of aromatic hydroxyl groups is 1. The molecule has 10 heteroatoms. The average Bonchev–Trinajstić information content (AvgIpc) is 2.85. The standard InChI is InChI=1S/C23H23N5O5/c1-2-33-23(31)19-20(29)17-11-16(18-4-3-15(12-24)13-25-18)14-26-21(17)28(22(19)30)6-5-27-7-9-32-10-8-27/h3-4,11,13-14,29H,2,5-10H2,1H3. The lowest BCUT2D eigenvalue weighted by molar-refractivity contribution is 0.0364. The van der Waals surface area contributed by atoms with Gasteiger partial charge < -0.3 is 14.6 Å². The Kier molecular flexibility index (Phi) is 6.63. The third kappa shape index (κ3) is 4.55. The zero-order valence-corrected chi connectivity index (χ0v) is 18.2. The molecular formula is C23H23N5O5. The van der Waals surface area contributed by atoms with Crippen molar-refractivity contribution in [3.63, 3.8) is 0 Å². The van der Waals surface area contributed by atoms with Crippen molar-refractivity contribution in [1.29, 1.82) is 5.26 Å². The second kappa shape index (κ2) is 9.77. The number of pyridine rings is 3. The number of carbonyl (C=O) groups excluding carboxylic acids is 1. The Morgan fingerprint density at radius 3 is 2.70 bits per heavy atom. The van der Waals surface area contributed by atoms with Gasteiger partial charge in [0, 0.05) is 44.1 Å². The van der Waals surface area contributed by atoms with E-state index in [0.29, 0.717) is 36.6 Å². The van der Waals surface area contributed by atoms with E-state index in [0.717, 1.165) is 13.1 Å². The van der Waals surface area contributed by atoms with Gasteiger partial charge in [0.25, 0.3) is 5.56 Å². The Morgan fingerprint density at radius 2 is 2.03 bits per heavy atom. The first kappa shape index (κ1) is 22.4. The molecule has 0 atom stereocenters. The zero-order valence-electron chi connectivity index (χ0n) is 18.2. The van der Waals surface area contributed by atoms with Crippen molar-refractivity contribution in [3.05, 3.63) is 52.1 Å². The lowest BCUT2D eigenvalue weighted by Crippen LogP contribution is -2.40. The predicted octanol–water partition coefficient (Wildman–Crippen LogP) is 1.54. The fourth-order valence-electron chi connectivity index (χ4n) is 3.75. The minimum atomic E-state index is -0.885. The highest BCUT2D eigenvalue weighted by molar-refractivity contribution is 5.99. The molecule has 4 heterocycles. The van der Waals surface area contributed by atoms with Gasteiger partial charge in [0.1, 0.15) is 17.5 Å². The molecule has 4 rings (SSSR count). The van der Waals surface area contributed by atoms with E-state index in [1.807, 2.05) is 6.07 Å². The topological polar surface area (TPSA) is 131 Å². The summed E-state index contributed by atoms with van der Waals surface area (Å²) in [5.41, 5.74) is 0.705. The van der Waals surface area contributed by atoms with Gasteiger partial charge in [-0.15, -0.1) is 0 Å². The van der Waals surface area contributed by atoms with Crippen molar-refractivity contribution >= 4 is 17.0 Å². The second-order valence-electron chi connectivity index (χ2n) is 7.49. The summed E-state index contributed by atoms with van der Waals surface area (Å²) in [6.07, 6.45) is 2.98. The number of fused-ring (bicyclic) bond motifs is 1. The van der Waals surface area contributed by atoms with Gasteiger partial charge in [0.2, 0.25) is 0 Å². The van der Waals surface area contributed by atoms with Gasteiger partial charge in [-0.1, -0.05) is 0 Å². The van der Waals surface area contributed by atoms with E-state index in [1.54, 1.807) is 31.3 Å². The summed E-state index contributed by atoms with van der Waals surface area (Å²) in [6, 6.07) is 6.93. The molecule has 1 saturated heterocycles. The van der Waals surface area contributed by atoms with Crippen LogP contribution in [0.3, 0.4) is 0 Å². The molecule has 10 nitrogen and oxygen atoms in total. The third-order valence-corrected chi connectivity index (χ3v) is 5.48. The number of carbonyl (C=O) groups is 1. The molecule has 1 N–H and O–H groups in total. The highest BCUT2D eigenvalue weighted by Gasteiger charge is 2.25. The summed E-state index contributed by atoms with van der Waals surface area (Å²) >= 11 is 0. The van der Waals surface area contributed by atoms with Crippen LogP contribution in [-0.2, 0) is 16.0 Å². The number of aromatic nitrogens is 3. The van der Waals surface area contributed by atoms with Crippen molar-refractivity contribution in [2.75, 3.05) is 39.5 Å². The Hall–Kier alpha value is -3.81. The number of nitriles is 1. The summed E-state index contributed by atoms with van der Waals surface area (Å²) in [6.45, 7) is 5.28. The molecule has 3 aromatic rings. The Balaban J connectivity index is 1.82. The van der Waals surface area contributed by atoms with Crippen LogP contribution in [-0.4, -0.2) is 70.0 Å². The van der Waals surface area contributed by atoms with Crippen LogP contribution in [0.5, 0.6) is 5.75 Å². The molecule has 0 unspecified atom stereocenters. The highest BCUT2D eigenvalue weighted by Crippen LogP contribution is 2.29. The molecule has 0 aromatic carbocycles. The first-order chi connectivity index (χ1) is 16.0. The molecule has 170 valence electrons. The van der Waals surface area contributed by atoms with Crippen LogP contribution >= 0.6 is 0 Å². The van der Waals surface area contributed by atoms with Gasteiger partial charge in [0.15, 0.2) is 5.56 Å². The molecule has 0 bridgehead atoms. The van der Waals surface area contributed by atoms with Crippen LogP contribution in [0.4, 0.5) is 0 Å².